The molecule has 0 spiro atoms. The van der Waals surface area contributed by atoms with E-state index in [1.54, 1.807) is 48.5 Å². The van der Waals surface area contributed by atoms with Crippen molar-refractivity contribution in [3.8, 4) is 0 Å². The van der Waals surface area contributed by atoms with Gasteiger partial charge in [0.15, 0.2) is 18.2 Å². The number of benzene rings is 2. The van der Waals surface area contributed by atoms with Crippen molar-refractivity contribution < 1.29 is 21.3 Å². The van der Waals surface area contributed by atoms with Gasteiger partial charge in [-0.05, 0) is 85.3 Å². The molecule has 1 heterocycles. The molecule has 1 atom stereocenters. The van der Waals surface area contributed by atoms with E-state index < -0.39 is 33.4 Å². The fourth-order valence-corrected chi connectivity index (χ4v) is 8.91. The van der Waals surface area contributed by atoms with Crippen LogP contribution in [0, 0.1) is 6.92 Å². The van der Waals surface area contributed by atoms with Gasteiger partial charge in [0.1, 0.15) is 0 Å². The summed E-state index contributed by atoms with van der Waals surface area (Å²) in [5.74, 6) is 0. The van der Waals surface area contributed by atoms with Crippen LogP contribution < -0.4 is 0 Å². The smallest absolute Gasteiger partial charge is 0.243 e. The van der Waals surface area contributed by atoms with Crippen LogP contribution in [-0.2, 0) is 24.3 Å². The highest BCUT2D eigenvalue weighted by atomic mass is 32.2. The second-order valence-electron chi connectivity index (χ2n) is 12.2. The first kappa shape index (κ1) is 29.9. The lowest BCUT2D eigenvalue weighted by Gasteiger charge is -2.37. The van der Waals surface area contributed by atoms with Crippen LogP contribution in [0.15, 0.2) is 87.2 Å². The summed E-state index contributed by atoms with van der Waals surface area (Å²) in [6, 6.07) is 15.5. The largest absolute Gasteiger partial charge is 0.413 e. The summed E-state index contributed by atoms with van der Waals surface area (Å²) < 4.78 is 62.7. The average Bonchev–Trinajstić information content (AvgIpc) is 3.07. The molecule has 0 aromatic heterocycles. The molecule has 0 radical (unpaired) electrons. The molecule has 39 heavy (non-hydrogen) atoms. The second-order valence-corrected chi connectivity index (χ2v) is 21.2. The third-order valence-electron chi connectivity index (χ3n) is 8.48. The third kappa shape index (κ3) is 6.33. The van der Waals surface area contributed by atoms with Crippen LogP contribution in [0.25, 0.3) is 0 Å². The maximum absolute atomic E-state index is 13.7. The zero-order valence-electron chi connectivity index (χ0n) is 23.9. The molecule has 1 aliphatic carbocycles. The third-order valence-corrected chi connectivity index (χ3v) is 17.0. The molecular weight excluding hydrogens is 547 g/mol. The van der Waals surface area contributed by atoms with Crippen molar-refractivity contribution in [2.45, 2.75) is 80.1 Å². The Labute approximate surface area is 235 Å². The Morgan fingerprint density at radius 2 is 1.59 bits per heavy atom. The molecule has 0 saturated carbocycles. The first-order valence-electron chi connectivity index (χ1n) is 13.5. The van der Waals surface area contributed by atoms with Gasteiger partial charge in [0.25, 0.3) is 0 Å². The molecule has 0 fully saturated rings. The molecule has 0 bridgehead atoms. The zero-order valence-corrected chi connectivity index (χ0v) is 26.5. The second kappa shape index (κ2) is 11.1. The van der Waals surface area contributed by atoms with E-state index in [-0.39, 0.29) is 23.0 Å². The summed E-state index contributed by atoms with van der Waals surface area (Å²) in [6.07, 6.45) is 3.38. The SMILES string of the molecule is Cc1ccc(S(=O)(=O)N2CC=C3CCC(S(=O)(=O)c4ccccc4)CC(CO[Si](C)(C)C(C)(C)C)=C3C2)cc1. The van der Waals surface area contributed by atoms with Crippen LogP contribution in [0.5, 0.6) is 0 Å². The molecule has 212 valence electrons. The summed E-state index contributed by atoms with van der Waals surface area (Å²) in [4.78, 5) is 0.592. The van der Waals surface area contributed by atoms with Gasteiger partial charge in [-0.15, -0.1) is 0 Å². The van der Waals surface area contributed by atoms with E-state index in [0.717, 1.165) is 22.3 Å². The van der Waals surface area contributed by atoms with Crippen molar-refractivity contribution in [3.05, 3.63) is 83.0 Å². The van der Waals surface area contributed by atoms with E-state index in [0.29, 0.717) is 30.8 Å². The van der Waals surface area contributed by atoms with Crippen LogP contribution in [-0.4, -0.2) is 54.4 Å². The van der Waals surface area contributed by atoms with Crippen molar-refractivity contribution in [2.24, 2.45) is 0 Å². The summed E-state index contributed by atoms with van der Waals surface area (Å²) in [5, 5.41) is -0.607. The number of sulfone groups is 1. The normalized spacial score (nSPS) is 19.8. The molecule has 0 N–H and O–H groups in total. The molecule has 2 aliphatic rings. The van der Waals surface area contributed by atoms with E-state index in [4.69, 9.17) is 4.43 Å². The van der Waals surface area contributed by atoms with Crippen molar-refractivity contribution >= 4 is 28.2 Å². The van der Waals surface area contributed by atoms with Gasteiger partial charge in [0.2, 0.25) is 10.0 Å². The fourth-order valence-electron chi connectivity index (χ4n) is 4.83. The number of sulfonamides is 1. The van der Waals surface area contributed by atoms with Crippen LogP contribution in [0.3, 0.4) is 0 Å². The van der Waals surface area contributed by atoms with Gasteiger partial charge < -0.3 is 4.43 Å². The fraction of sp³-hybridized carbons (Fsp3) is 0.467. The molecule has 2 aromatic carbocycles. The lowest BCUT2D eigenvalue weighted by atomic mass is 9.96. The Bertz CT molecular complexity index is 1470. The summed E-state index contributed by atoms with van der Waals surface area (Å²) in [6.45, 7) is 13.6. The minimum absolute atomic E-state index is 0.00940. The number of fused-ring (bicyclic) bond motifs is 1. The topological polar surface area (TPSA) is 80.8 Å². The standard InChI is InChI=1S/C30H41NO5S2Si/c1-23-12-15-27(16-13-23)38(34,35)31-19-18-24-14-17-28(37(32,33)26-10-8-7-9-11-26)20-25(29(24)21-31)22-36-39(5,6)30(2,3)4/h7-13,15-16,18,28H,14,17,19-22H2,1-6H3. The van der Waals surface area contributed by atoms with Crippen molar-refractivity contribution in [2.75, 3.05) is 19.7 Å². The molecule has 0 amide bonds. The van der Waals surface area contributed by atoms with Gasteiger partial charge in [0, 0.05) is 13.1 Å². The first-order chi connectivity index (χ1) is 18.1. The van der Waals surface area contributed by atoms with Crippen LogP contribution in [0.2, 0.25) is 18.1 Å². The van der Waals surface area contributed by atoms with Crippen LogP contribution in [0.4, 0.5) is 0 Å². The predicted molar refractivity (Wildman–Crippen MR) is 159 cm³/mol. The predicted octanol–water partition coefficient (Wildman–Crippen LogP) is 6.27. The van der Waals surface area contributed by atoms with E-state index in [2.05, 4.69) is 33.9 Å². The molecule has 0 saturated heterocycles. The molecule has 6 nitrogen and oxygen atoms in total. The van der Waals surface area contributed by atoms with Gasteiger partial charge in [-0.2, -0.15) is 4.31 Å². The van der Waals surface area contributed by atoms with Gasteiger partial charge in [-0.1, -0.05) is 62.7 Å². The lowest BCUT2D eigenvalue weighted by Crippen LogP contribution is -2.42. The maximum Gasteiger partial charge on any atom is 0.243 e. The first-order valence-corrected chi connectivity index (χ1v) is 19.4. The molecule has 1 unspecified atom stereocenters. The number of aryl methyl sites for hydroxylation is 1. The van der Waals surface area contributed by atoms with E-state index in [1.165, 1.54) is 4.31 Å². The Morgan fingerprint density at radius 1 is 0.949 bits per heavy atom. The van der Waals surface area contributed by atoms with Gasteiger partial charge >= 0.3 is 0 Å². The lowest BCUT2D eigenvalue weighted by molar-refractivity contribution is 0.312. The van der Waals surface area contributed by atoms with Gasteiger partial charge in [0.05, 0.1) is 21.6 Å². The van der Waals surface area contributed by atoms with Crippen molar-refractivity contribution in [3.63, 3.8) is 0 Å². The number of rotatable bonds is 7. The monoisotopic (exact) mass is 587 g/mol. The highest BCUT2D eigenvalue weighted by molar-refractivity contribution is 7.92. The zero-order chi connectivity index (χ0) is 28.6. The number of hydrogen-bond donors (Lipinski definition) is 0. The quantitative estimate of drug-likeness (QED) is 0.357. The van der Waals surface area contributed by atoms with Crippen molar-refractivity contribution in [1.82, 2.24) is 4.31 Å². The van der Waals surface area contributed by atoms with E-state index >= 15 is 0 Å². The minimum atomic E-state index is -3.71. The van der Waals surface area contributed by atoms with Crippen LogP contribution in [0.1, 0.15) is 45.6 Å². The van der Waals surface area contributed by atoms with Crippen molar-refractivity contribution in [1.29, 1.82) is 0 Å². The highest BCUT2D eigenvalue weighted by Gasteiger charge is 2.39. The van der Waals surface area contributed by atoms with Gasteiger partial charge in [-0.25, -0.2) is 16.8 Å². The summed E-state index contributed by atoms with van der Waals surface area (Å²) >= 11 is 0. The number of hydrogen-bond acceptors (Lipinski definition) is 5. The maximum atomic E-state index is 13.7. The van der Waals surface area contributed by atoms with E-state index in [1.807, 2.05) is 19.1 Å². The molecule has 4 rings (SSSR count). The minimum Gasteiger partial charge on any atom is -0.413 e. The van der Waals surface area contributed by atoms with E-state index in [9.17, 15) is 16.8 Å². The Balaban J connectivity index is 1.73. The molecular formula is C30H41NO5S2Si. The van der Waals surface area contributed by atoms with Gasteiger partial charge in [-0.3, -0.25) is 0 Å². The highest BCUT2D eigenvalue weighted by Crippen LogP contribution is 2.40. The average molecular weight is 588 g/mol. The Hall–Kier alpha value is -2.04. The Morgan fingerprint density at radius 3 is 2.21 bits per heavy atom. The molecule has 2 aromatic rings. The Kier molecular flexibility index (Phi) is 8.51. The van der Waals surface area contributed by atoms with Crippen LogP contribution >= 0.6 is 0 Å². The summed E-state index contributed by atoms with van der Waals surface area (Å²) in [7, 11) is -9.42. The molecule has 1 aliphatic heterocycles. The summed E-state index contributed by atoms with van der Waals surface area (Å²) in [5.41, 5.74) is 3.86. The number of nitrogens with zero attached hydrogens (tertiary/aromatic N) is 1. The molecule has 9 heteroatoms.